The highest BCUT2D eigenvalue weighted by Crippen LogP contribution is 2.11. The van der Waals surface area contributed by atoms with Crippen molar-refractivity contribution >= 4 is 18.0 Å². The fraction of sp³-hybridized carbons (Fsp3) is 0. The molecule has 0 fully saturated rings. The Morgan fingerprint density at radius 2 is 1.62 bits per heavy atom. The maximum atomic E-state index is 13.5. The van der Waals surface area contributed by atoms with Crippen molar-refractivity contribution in [2.75, 3.05) is 0 Å². The Balaban J connectivity index is 2.27. The largest absolute Gasteiger partial charge is 0.477 e. The van der Waals surface area contributed by atoms with Crippen molar-refractivity contribution in [3.63, 3.8) is 0 Å². The summed E-state index contributed by atoms with van der Waals surface area (Å²) in [6, 6.07) is 13.9. The minimum absolute atomic E-state index is 0.0864. The summed E-state index contributed by atoms with van der Waals surface area (Å²) in [7, 11) is 0. The van der Waals surface area contributed by atoms with Gasteiger partial charge in [0.1, 0.15) is 11.5 Å². The van der Waals surface area contributed by atoms with Gasteiger partial charge in [0, 0.05) is 11.1 Å². The number of amides is 1. The summed E-state index contributed by atoms with van der Waals surface area (Å²) in [5, 5.41) is 11.4. The van der Waals surface area contributed by atoms with Crippen molar-refractivity contribution in [1.29, 1.82) is 0 Å². The Bertz CT molecular complexity index is 696. The Kier molecular flexibility index (Phi) is 4.46. The van der Waals surface area contributed by atoms with Crippen LogP contribution in [0.4, 0.5) is 4.39 Å². The minimum atomic E-state index is -1.34. The van der Waals surface area contributed by atoms with E-state index in [0.717, 1.165) is 6.08 Å². The van der Waals surface area contributed by atoms with Crippen LogP contribution >= 0.6 is 0 Å². The van der Waals surface area contributed by atoms with E-state index in [1.807, 2.05) is 0 Å². The third-order valence-corrected chi connectivity index (χ3v) is 2.72. The van der Waals surface area contributed by atoms with E-state index < -0.39 is 23.4 Å². The first-order valence-electron chi connectivity index (χ1n) is 6.14. The van der Waals surface area contributed by atoms with Gasteiger partial charge in [-0.05, 0) is 24.3 Å². The predicted octanol–water partition coefficient (Wildman–Crippen LogP) is 2.68. The molecule has 2 aromatic rings. The molecule has 0 saturated carbocycles. The number of nitrogens with one attached hydrogen (secondary N) is 1. The maximum absolute atomic E-state index is 13.5. The smallest absolute Gasteiger partial charge is 0.352 e. The molecule has 0 bridgehead atoms. The maximum Gasteiger partial charge on any atom is 0.352 e. The zero-order chi connectivity index (χ0) is 15.2. The lowest BCUT2D eigenvalue weighted by atomic mass is 10.1. The summed E-state index contributed by atoms with van der Waals surface area (Å²) in [5.41, 5.74) is 0.00963. The molecule has 21 heavy (non-hydrogen) atoms. The molecular weight excluding hydrogens is 273 g/mol. The van der Waals surface area contributed by atoms with Crippen LogP contribution in [0.15, 0.2) is 60.3 Å². The van der Waals surface area contributed by atoms with Crippen molar-refractivity contribution in [3.8, 4) is 0 Å². The van der Waals surface area contributed by atoms with Gasteiger partial charge in [-0.15, -0.1) is 0 Å². The summed E-state index contributed by atoms with van der Waals surface area (Å²) in [6.45, 7) is 0. The first-order chi connectivity index (χ1) is 10.1. The van der Waals surface area contributed by atoms with E-state index in [1.54, 1.807) is 36.4 Å². The number of aliphatic carboxylic acids is 1. The van der Waals surface area contributed by atoms with Gasteiger partial charge in [0.05, 0.1) is 0 Å². The molecule has 0 spiro atoms. The van der Waals surface area contributed by atoms with Crippen LogP contribution in [0, 0.1) is 5.82 Å². The number of benzene rings is 2. The Labute approximate surface area is 120 Å². The number of carbonyl (C=O) groups is 2. The van der Waals surface area contributed by atoms with Crippen LogP contribution in [0.3, 0.4) is 0 Å². The van der Waals surface area contributed by atoms with E-state index in [0.29, 0.717) is 5.56 Å². The molecule has 0 saturated heterocycles. The second-order valence-electron chi connectivity index (χ2n) is 4.20. The van der Waals surface area contributed by atoms with Gasteiger partial charge in [-0.1, -0.05) is 36.4 Å². The van der Waals surface area contributed by atoms with Crippen molar-refractivity contribution in [2.45, 2.75) is 0 Å². The average molecular weight is 285 g/mol. The Morgan fingerprint density at radius 1 is 1.00 bits per heavy atom. The number of hydrogen-bond acceptors (Lipinski definition) is 2. The lowest BCUT2D eigenvalue weighted by Gasteiger charge is -2.06. The highest BCUT2D eigenvalue weighted by molar-refractivity contribution is 6.02. The van der Waals surface area contributed by atoms with Gasteiger partial charge in [0.15, 0.2) is 0 Å². The van der Waals surface area contributed by atoms with Gasteiger partial charge in [0.2, 0.25) is 0 Å². The fourth-order valence-corrected chi connectivity index (χ4v) is 1.68. The van der Waals surface area contributed by atoms with Crippen LogP contribution in [0.2, 0.25) is 0 Å². The van der Waals surface area contributed by atoms with E-state index in [4.69, 9.17) is 5.11 Å². The van der Waals surface area contributed by atoms with Gasteiger partial charge in [-0.3, -0.25) is 4.79 Å². The van der Waals surface area contributed by atoms with Crippen molar-refractivity contribution in [3.05, 3.63) is 77.2 Å². The van der Waals surface area contributed by atoms with E-state index in [2.05, 4.69) is 5.32 Å². The monoisotopic (exact) mass is 285 g/mol. The zero-order valence-electron chi connectivity index (χ0n) is 10.9. The summed E-state index contributed by atoms with van der Waals surface area (Å²) >= 11 is 0. The molecule has 0 unspecified atom stereocenters. The number of carboxylic acid groups (broad SMARTS) is 1. The van der Waals surface area contributed by atoms with Crippen LogP contribution in [0.5, 0.6) is 0 Å². The summed E-state index contributed by atoms with van der Waals surface area (Å²) in [4.78, 5) is 23.1. The highest BCUT2D eigenvalue weighted by Gasteiger charge is 2.13. The first-order valence-corrected chi connectivity index (χ1v) is 6.14. The first kappa shape index (κ1) is 14.5. The topological polar surface area (TPSA) is 66.4 Å². The van der Waals surface area contributed by atoms with Crippen LogP contribution in [0.25, 0.3) is 6.08 Å². The van der Waals surface area contributed by atoms with Crippen molar-refractivity contribution in [2.24, 2.45) is 0 Å². The van der Waals surface area contributed by atoms with Crippen LogP contribution < -0.4 is 5.32 Å². The fourth-order valence-electron chi connectivity index (χ4n) is 1.68. The molecule has 1 amide bonds. The molecule has 0 aliphatic carbocycles. The van der Waals surface area contributed by atoms with Gasteiger partial charge in [0.25, 0.3) is 5.91 Å². The second kappa shape index (κ2) is 6.47. The Morgan fingerprint density at radius 3 is 2.24 bits per heavy atom. The number of carbonyl (C=O) groups excluding carboxylic acids is 1. The van der Waals surface area contributed by atoms with E-state index in [-0.39, 0.29) is 5.56 Å². The molecule has 0 heterocycles. The minimum Gasteiger partial charge on any atom is -0.477 e. The molecule has 2 N–H and O–H groups in total. The zero-order valence-corrected chi connectivity index (χ0v) is 10.9. The molecule has 4 nitrogen and oxygen atoms in total. The van der Waals surface area contributed by atoms with Crippen LogP contribution in [-0.4, -0.2) is 17.0 Å². The highest BCUT2D eigenvalue weighted by atomic mass is 19.1. The molecule has 2 aromatic carbocycles. The summed E-state index contributed by atoms with van der Waals surface area (Å²) in [6.07, 6.45) is 1.08. The normalized spacial score (nSPS) is 11.0. The molecule has 0 aliphatic rings. The molecule has 0 aromatic heterocycles. The Hall–Kier alpha value is -2.95. The standard InChI is InChI=1S/C16H12FNO3/c17-13-9-5-4-8-12(13)10-14(16(20)21)18-15(19)11-6-2-1-3-7-11/h1-10H,(H,18,19)(H,20,21)/b14-10+. The number of rotatable bonds is 4. The third-order valence-electron chi connectivity index (χ3n) is 2.72. The van der Waals surface area contributed by atoms with Gasteiger partial charge >= 0.3 is 5.97 Å². The van der Waals surface area contributed by atoms with Gasteiger partial charge in [-0.2, -0.15) is 0 Å². The molecule has 5 heteroatoms. The van der Waals surface area contributed by atoms with Crippen molar-refractivity contribution in [1.82, 2.24) is 5.32 Å². The number of carboxylic acids is 1. The van der Waals surface area contributed by atoms with Crippen LogP contribution in [-0.2, 0) is 4.79 Å². The van der Waals surface area contributed by atoms with Gasteiger partial charge < -0.3 is 10.4 Å². The molecule has 2 rings (SSSR count). The average Bonchev–Trinajstić information content (AvgIpc) is 2.49. The second-order valence-corrected chi connectivity index (χ2v) is 4.20. The molecule has 0 aliphatic heterocycles. The summed E-state index contributed by atoms with van der Waals surface area (Å²) < 4.78 is 13.5. The van der Waals surface area contributed by atoms with Crippen LogP contribution in [0.1, 0.15) is 15.9 Å². The van der Waals surface area contributed by atoms with E-state index >= 15 is 0 Å². The predicted molar refractivity (Wildman–Crippen MR) is 75.9 cm³/mol. The number of halogens is 1. The lowest BCUT2D eigenvalue weighted by Crippen LogP contribution is -2.27. The van der Waals surface area contributed by atoms with E-state index in [1.165, 1.54) is 18.2 Å². The number of hydrogen-bond donors (Lipinski definition) is 2. The third kappa shape index (κ3) is 3.76. The molecule has 106 valence electrons. The summed E-state index contributed by atoms with van der Waals surface area (Å²) in [5.74, 6) is -2.48. The lowest BCUT2D eigenvalue weighted by molar-refractivity contribution is -0.132. The van der Waals surface area contributed by atoms with E-state index in [9.17, 15) is 14.0 Å². The molecular formula is C16H12FNO3. The SMILES string of the molecule is O=C(O)/C(=C\c1ccccc1F)NC(=O)c1ccccc1. The quantitative estimate of drug-likeness (QED) is 0.849. The molecule has 0 atom stereocenters. The molecule has 0 radical (unpaired) electrons. The van der Waals surface area contributed by atoms with Crippen molar-refractivity contribution < 1.29 is 19.1 Å². The van der Waals surface area contributed by atoms with Gasteiger partial charge in [-0.25, -0.2) is 9.18 Å².